The zero-order chi connectivity index (χ0) is 10.8. The molecule has 0 radical (unpaired) electrons. The normalized spacial score (nSPS) is 11.6. The highest BCUT2D eigenvalue weighted by atomic mass is 32.2. The average molecular weight is 214 g/mol. The molecule has 14 heavy (non-hydrogen) atoms. The summed E-state index contributed by atoms with van der Waals surface area (Å²) in [5, 5.41) is 8.02. The molecule has 78 valence electrons. The molecule has 0 bridgehead atoms. The monoisotopic (exact) mass is 214 g/mol. The molecule has 0 saturated carbocycles. The molecule has 4 nitrogen and oxygen atoms in total. The quantitative estimate of drug-likeness (QED) is 0.763. The lowest BCUT2D eigenvalue weighted by atomic mass is 10.1. The van der Waals surface area contributed by atoms with E-state index < -0.39 is 10.0 Å². The van der Waals surface area contributed by atoms with Gasteiger partial charge in [-0.2, -0.15) is 0 Å². The molecule has 0 aliphatic rings. The lowest BCUT2D eigenvalue weighted by Crippen LogP contribution is -2.15. The number of benzene rings is 1. The predicted molar refractivity (Wildman–Crippen MR) is 55.3 cm³/mol. The van der Waals surface area contributed by atoms with Crippen molar-refractivity contribution < 1.29 is 8.42 Å². The standard InChI is InChI=1S/C9H14N2O2S/c1-7-3-4-8(6-11-2)5-9(7)14(10,12)13/h3-5,11H,6H2,1-2H3,(H2,10,12,13). The van der Waals surface area contributed by atoms with Crippen LogP contribution in [0.3, 0.4) is 0 Å². The van der Waals surface area contributed by atoms with Crippen LogP contribution in [0.15, 0.2) is 23.1 Å². The third-order valence-electron chi connectivity index (χ3n) is 1.94. The number of nitrogens with two attached hydrogens (primary N) is 1. The summed E-state index contributed by atoms with van der Waals surface area (Å²) in [4.78, 5) is 0.199. The van der Waals surface area contributed by atoms with Gasteiger partial charge in [-0.1, -0.05) is 12.1 Å². The minimum absolute atomic E-state index is 0.199. The molecule has 0 aliphatic heterocycles. The van der Waals surface area contributed by atoms with Crippen molar-refractivity contribution in [1.29, 1.82) is 0 Å². The minimum Gasteiger partial charge on any atom is -0.316 e. The second-order valence-electron chi connectivity index (χ2n) is 3.18. The summed E-state index contributed by atoms with van der Waals surface area (Å²) in [6.07, 6.45) is 0. The number of aryl methyl sites for hydroxylation is 1. The smallest absolute Gasteiger partial charge is 0.238 e. The lowest BCUT2D eigenvalue weighted by Gasteiger charge is -2.06. The second-order valence-corrected chi connectivity index (χ2v) is 4.71. The maximum Gasteiger partial charge on any atom is 0.238 e. The molecule has 0 spiro atoms. The summed E-state index contributed by atoms with van der Waals surface area (Å²) < 4.78 is 22.3. The number of hydrogen-bond acceptors (Lipinski definition) is 3. The van der Waals surface area contributed by atoms with Crippen molar-refractivity contribution in [2.45, 2.75) is 18.4 Å². The molecular weight excluding hydrogens is 200 g/mol. The molecule has 0 aliphatic carbocycles. The Labute approximate surface area is 84.2 Å². The molecule has 1 rings (SSSR count). The lowest BCUT2D eigenvalue weighted by molar-refractivity contribution is 0.597. The molecular formula is C9H14N2O2S. The number of nitrogens with one attached hydrogen (secondary N) is 1. The van der Waals surface area contributed by atoms with Gasteiger partial charge in [0.15, 0.2) is 0 Å². The summed E-state index contributed by atoms with van der Waals surface area (Å²) in [6, 6.07) is 5.23. The van der Waals surface area contributed by atoms with Gasteiger partial charge in [0.25, 0.3) is 0 Å². The van der Waals surface area contributed by atoms with Crippen LogP contribution >= 0.6 is 0 Å². The Morgan fingerprint density at radius 2 is 2.07 bits per heavy atom. The number of primary sulfonamides is 1. The SMILES string of the molecule is CNCc1ccc(C)c(S(N)(=O)=O)c1. The molecule has 3 N–H and O–H groups in total. The molecule has 0 amide bonds. The molecule has 0 saturated heterocycles. The van der Waals surface area contributed by atoms with Crippen molar-refractivity contribution in [3.05, 3.63) is 29.3 Å². The number of rotatable bonds is 3. The van der Waals surface area contributed by atoms with E-state index in [1.54, 1.807) is 26.1 Å². The van der Waals surface area contributed by atoms with Crippen molar-refractivity contribution in [2.24, 2.45) is 5.14 Å². The fraction of sp³-hybridized carbons (Fsp3) is 0.333. The first-order valence-corrected chi connectivity index (χ1v) is 5.76. The highest BCUT2D eigenvalue weighted by Crippen LogP contribution is 2.15. The van der Waals surface area contributed by atoms with Crippen LogP contribution in [-0.4, -0.2) is 15.5 Å². The van der Waals surface area contributed by atoms with Crippen molar-refractivity contribution in [3.8, 4) is 0 Å². The Morgan fingerprint density at radius 1 is 1.43 bits per heavy atom. The Balaban J connectivity index is 3.22. The van der Waals surface area contributed by atoms with Crippen molar-refractivity contribution in [3.63, 3.8) is 0 Å². The first-order valence-electron chi connectivity index (χ1n) is 4.22. The van der Waals surface area contributed by atoms with Crippen LogP contribution in [0.4, 0.5) is 0 Å². The van der Waals surface area contributed by atoms with E-state index in [2.05, 4.69) is 5.32 Å². The fourth-order valence-electron chi connectivity index (χ4n) is 1.27. The maximum absolute atomic E-state index is 11.2. The molecule has 0 atom stereocenters. The zero-order valence-electron chi connectivity index (χ0n) is 8.24. The van der Waals surface area contributed by atoms with Gasteiger partial charge in [0.05, 0.1) is 4.90 Å². The third kappa shape index (κ3) is 2.54. The van der Waals surface area contributed by atoms with Crippen LogP contribution in [0.25, 0.3) is 0 Å². The van der Waals surface area contributed by atoms with E-state index in [9.17, 15) is 8.42 Å². The van der Waals surface area contributed by atoms with Gasteiger partial charge in [-0.15, -0.1) is 0 Å². The molecule has 0 fully saturated rings. The molecule has 1 aromatic carbocycles. The first-order chi connectivity index (χ1) is 6.45. The highest BCUT2D eigenvalue weighted by Gasteiger charge is 2.11. The van der Waals surface area contributed by atoms with Crippen LogP contribution < -0.4 is 10.5 Å². The van der Waals surface area contributed by atoms with Crippen molar-refractivity contribution in [2.75, 3.05) is 7.05 Å². The average Bonchev–Trinajstić information content (AvgIpc) is 2.07. The summed E-state index contributed by atoms with van der Waals surface area (Å²) in [5.74, 6) is 0. The number of sulfonamides is 1. The minimum atomic E-state index is -3.60. The van der Waals surface area contributed by atoms with E-state index in [1.165, 1.54) is 0 Å². The van der Waals surface area contributed by atoms with Gasteiger partial charge in [0.1, 0.15) is 0 Å². The van der Waals surface area contributed by atoms with Gasteiger partial charge >= 0.3 is 0 Å². The highest BCUT2D eigenvalue weighted by molar-refractivity contribution is 7.89. The maximum atomic E-state index is 11.2. The first kappa shape index (κ1) is 11.2. The van der Waals surface area contributed by atoms with Crippen LogP contribution in [0.2, 0.25) is 0 Å². The van der Waals surface area contributed by atoms with E-state index >= 15 is 0 Å². The Hall–Kier alpha value is -0.910. The van der Waals surface area contributed by atoms with Crippen LogP contribution in [0.1, 0.15) is 11.1 Å². The third-order valence-corrected chi connectivity index (χ3v) is 2.99. The fourth-order valence-corrected chi connectivity index (χ4v) is 2.10. The van der Waals surface area contributed by atoms with E-state index in [1.807, 2.05) is 6.07 Å². The summed E-state index contributed by atoms with van der Waals surface area (Å²) in [5.41, 5.74) is 1.58. The van der Waals surface area contributed by atoms with Gasteiger partial charge < -0.3 is 5.32 Å². The van der Waals surface area contributed by atoms with Gasteiger partial charge in [-0.3, -0.25) is 0 Å². The summed E-state index contributed by atoms with van der Waals surface area (Å²) in [6.45, 7) is 2.35. The van der Waals surface area contributed by atoms with Crippen LogP contribution in [0, 0.1) is 6.92 Å². The van der Waals surface area contributed by atoms with Gasteiger partial charge in [-0.25, -0.2) is 13.6 Å². The van der Waals surface area contributed by atoms with Crippen molar-refractivity contribution in [1.82, 2.24) is 5.32 Å². The van der Waals surface area contributed by atoms with Gasteiger partial charge in [0, 0.05) is 6.54 Å². The van der Waals surface area contributed by atoms with Crippen molar-refractivity contribution >= 4 is 10.0 Å². The van der Waals surface area contributed by atoms with Crippen LogP contribution in [-0.2, 0) is 16.6 Å². The van der Waals surface area contributed by atoms with E-state index in [0.717, 1.165) is 5.56 Å². The van der Waals surface area contributed by atoms with E-state index in [0.29, 0.717) is 12.1 Å². The topological polar surface area (TPSA) is 72.2 Å². The van der Waals surface area contributed by atoms with Gasteiger partial charge in [-0.05, 0) is 31.2 Å². The van der Waals surface area contributed by atoms with E-state index in [-0.39, 0.29) is 4.90 Å². The molecule has 0 aromatic heterocycles. The van der Waals surface area contributed by atoms with Gasteiger partial charge in [0.2, 0.25) is 10.0 Å². The predicted octanol–water partition coefficient (Wildman–Crippen LogP) is 0.362. The molecule has 0 unspecified atom stereocenters. The largest absolute Gasteiger partial charge is 0.316 e. The summed E-state index contributed by atoms with van der Waals surface area (Å²) >= 11 is 0. The molecule has 0 heterocycles. The Bertz CT molecular complexity index is 426. The zero-order valence-corrected chi connectivity index (χ0v) is 9.06. The summed E-state index contributed by atoms with van der Waals surface area (Å²) in [7, 11) is -1.80. The Kier molecular flexibility index (Phi) is 3.25. The molecule has 5 heteroatoms. The Morgan fingerprint density at radius 3 is 2.57 bits per heavy atom. The molecule has 1 aromatic rings. The number of hydrogen-bond donors (Lipinski definition) is 2. The van der Waals surface area contributed by atoms with Crippen LogP contribution in [0.5, 0.6) is 0 Å². The second kappa shape index (κ2) is 4.08. The van der Waals surface area contributed by atoms with E-state index in [4.69, 9.17) is 5.14 Å².